The molecule has 0 radical (unpaired) electrons. The molecule has 9 nitrogen and oxygen atoms in total. The van der Waals surface area contributed by atoms with Crippen LogP contribution in [0.25, 0.3) is 0 Å². The molecular formula is C31H32N2O7S. The van der Waals surface area contributed by atoms with Gasteiger partial charge in [0, 0.05) is 39.6 Å². The lowest BCUT2D eigenvalue weighted by molar-refractivity contribution is -0.141. The van der Waals surface area contributed by atoms with Gasteiger partial charge in [0.1, 0.15) is 5.71 Å². The molecule has 10 heteroatoms. The highest BCUT2D eigenvalue weighted by Gasteiger charge is 2.35. The van der Waals surface area contributed by atoms with Crippen molar-refractivity contribution in [2.45, 2.75) is 42.0 Å². The Kier molecular flexibility index (Phi) is 10.0. The van der Waals surface area contributed by atoms with Crippen LogP contribution in [0.4, 0.5) is 0 Å². The number of carbonyl (C=O) groups is 4. The summed E-state index contributed by atoms with van der Waals surface area (Å²) in [5.41, 5.74) is 0.460. The highest BCUT2D eigenvalue weighted by Crippen LogP contribution is 2.29. The number of hydrogen-bond acceptors (Lipinski definition) is 10. The van der Waals surface area contributed by atoms with Crippen molar-refractivity contribution in [2.75, 3.05) is 33.4 Å². The molecule has 1 saturated heterocycles. The molecule has 1 aliphatic carbocycles. The van der Waals surface area contributed by atoms with E-state index in [1.54, 1.807) is 42.5 Å². The van der Waals surface area contributed by atoms with Crippen molar-refractivity contribution in [2.24, 2.45) is 5.16 Å². The fourth-order valence-electron chi connectivity index (χ4n) is 4.39. The quantitative estimate of drug-likeness (QED) is 0.124. The van der Waals surface area contributed by atoms with Gasteiger partial charge in [-0.2, -0.15) is 0 Å². The standard InChI is InChI=1S/C31H32N2O7S/c1-31(2,33-16-18-39-19-17-33)29(36)22-10-14-25(15-11-22)41-24-12-8-21(9-13-24)28(35)26(20-27(34)38-3)32-40-30(37)23-6-4-5-7-23/h4-6,8-15H,7,16-20H2,1-3H3/b32-26+. The van der Waals surface area contributed by atoms with Crippen LogP contribution < -0.4 is 0 Å². The Balaban J connectivity index is 1.41. The average Bonchev–Trinajstić information content (AvgIpc) is 3.55. The molecule has 1 aliphatic heterocycles. The molecule has 0 atom stereocenters. The Labute approximate surface area is 243 Å². The summed E-state index contributed by atoms with van der Waals surface area (Å²) in [4.78, 5) is 59.3. The fraction of sp³-hybridized carbons (Fsp3) is 0.323. The molecule has 2 aromatic rings. The van der Waals surface area contributed by atoms with Gasteiger partial charge in [-0.1, -0.05) is 47.3 Å². The molecule has 1 fully saturated rings. The Bertz CT molecular complexity index is 1390. The molecule has 0 amide bonds. The number of ketones is 2. The molecule has 2 aromatic carbocycles. The summed E-state index contributed by atoms with van der Waals surface area (Å²) in [6.45, 7) is 6.59. The van der Waals surface area contributed by atoms with Gasteiger partial charge in [0.15, 0.2) is 5.78 Å². The Morgan fingerprint density at radius 2 is 1.56 bits per heavy atom. The van der Waals surface area contributed by atoms with Crippen LogP contribution in [0, 0.1) is 0 Å². The fourth-order valence-corrected chi connectivity index (χ4v) is 5.20. The first-order chi connectivity index (χ1) is 19.7. The van der Waals surface area contributed by atoms with Crippen molar-refractivity contribution in [3.8, 4) is 0 Å². The van der Waals surface area contributed by atoms with Crippen LogP contribution >= 0.6 is 11.8 Å². The minimum atomic E-state index is -0.686. The Morgan fingerprint density at radius 1 is 0.951 bits per heavy atom. The summed E-state index contributed by atoms with van der Waals surface area (Å²) in [6, 6.07) is 14.2. The van der Waals surface area contributed by atoms with E-state index in [0.717, 1.165) is 22.9 Å². The molecule has 214 valence electrons. The van der Waals surface area contributed by atoms with Gasteiger partial charge in [-0.3, -0.25) is 19.3 Å². The number of esters is 1. The lowest BCUT2D eigenvalue weighted by Gasteiger charge is -2.39. The third-order valence-electron chi connectivity index (χ3n) is 6.90. The smallest absolute Gasteiger partial charge is 0.362 e. The molecule has 0 aromatic heterocycles. The predicted octanol–water partition coefficient (Wildman–Crippen LogP) is 4.66. The first-order valence-electron chi connectivity index (χ1n) is 13.2. The summed E-state index contributed by atoms with van der Waals surface area (Å²) < 4.78 is 10.1. The minimum absolute atomic E-state index is 0.0607. The van der Waals surface area contributed by atoms with Crippen molar-refractivity contribution in [3.63, 3.8) is 0 Å². The van der Waals surface area contributed by atoms with Crippen LogP contribution in [0.5, 0.6) is 0 Å². The van der Waals surface area contributed by atoms with Crippen molar-refractivity contribution in [1.29, 1.82) is 0 Å². The molecule has 41 heavy (non-hydrogen) atoms. The van der Waals surface area contributed by atoms with Crippen LogP contribution in [0.3, 0.4) is 0 Å². The van der Waals surface area contributed by atoms with E-state index in [-0.39, 0.29) is 17.1 Å². The van der Waals surface area contributed by atoms with Gasteiger partial charge in [0.2, 0.25) is 5.78 Å². The van der Waals surface area contributed by atoms with Crippen molar-refractivity contribution in [3.05, 3.63) is 83.5 Å². The summed E-state index contributed by atoms with van der Waals surface area (Å²) in [5, 5.41) is 3.70. The Hall–Kier alpha value is -3.86. The molecular weight excluding hydrogens is 544 g/mol. The van der Waals surface area contributed by atoms with E-state index in [1.807, 2.05) is 38.1 Å². The van der Waals surface area contributed by atoms with Crippen LogP contribution in [-0.2, 0) is 23.9 Å². The number of carbonyl (C=O) groups excluding carboxylic acids is 4. The summed E-state index contributed by atoms with van der Waals surface area (Å²) in [7, 11) is 1.20. The monoisotopic (exact) mass is 576 g/mol. The van der Waals surface area contributed by atoms with Gasteiger partial charge >= 0.3 is 11.9 Å². The number of rotatable bonds is 11. The summed E-state index contributed by atoms with van der Waals surface area (Å²) in [5.74, 6) is -1.86. The first-order valence-corrected chi connectivity index (χ1v) is 14.0. The van der Waals surface area contributed by atoms with E-state index in [4.69, 9.17) is 9.57 Å². The van der Waals surface area contributed by atoms with Gasteiger partial charge in [-0.25, -0.2) is 4.79 Å². The number of benzene rings is 2. The molecule has 0 saturated carbocycles. The van der Waals surface area contributed by atoms with Crippen molar-refractivity contribution in [1.82, 2.24) is 4.90 Å². The van der Waals surface area contributed by atoms with Gasteiger partial charge in [-0.05, 0) is 56.7 Å². The van der Waals surface area contributed by atoms with E-state index < -0.39 is 29.7 Å². The number of Topliss-reactive ketones (excluding diaryl/α,β-unsaturated/α-hetero) is 2. The topological polar surface area (TPSA) is 112 Å². The Morgan fingerprint density at radius 3 is 2.12 bits per heavy atom. The molecule has 0 spiro atoms. The normalized spacial score (nSPS) is 15.8. The molecule has 0 bridgehead atoms. The number of nitrogens with zero attached hydrogens (tertiary/aromatic N) is 2. The van der Waals surface area contributed by atoms with Gasteiger partial charge in [0.25, 0.3) is 0 Å². The largest absolute Gasteiger partial charge is 0.469 e. The van der Waals surface area contributed by atoms with Crippen LogP contribution in [0.1, 0.15) is 47.4 Å². The zero-order chi connectivity index (χ0) is 29.4. The zero-order valence-corrected chi connectivity index (χ0v) is 24.1. The molecule has 4 rings (SSSR count). The number of hydrogen-bond donors (Lipinski definition) is 0. The van der Waals surface area contributed by atoms with Crippen LogP contribution in [-0.4, -0.2) is 73.1 Å². The highest BCUT2D eigenvalue weighted by molar-refractivity contribution is 7.99. The lowest BCUT2D eigenvalue weighted by Crippen LogP contribution is -2.54. The second kappa shape index (κ2) is 13.7. The van der Waals surface area contributed by atoms with E-state index in [1.165, 1.54) is 18.9 Å². The highest BCUT2D eigenvalue weighted by atomic mass is 32.2. The first kappa shape index (κ1) is 30.1. The van der Waals surface area contributed by atoms with E-state index >= 15 is 0 Å². The van der Waals surface area contributed by atoms with Crippen molar-refractivity contribution < 1.29 is 33.5 Å². The van der Waals surface area contributed by atoms with Crippen molar-refractivity contribution >= 4 is 41.0 Å². The molecule has 2 aliphatic rings. The minimum Gasteiger partial charge on any atom is -0.469 e. The number of methoxy groups -OCH3 is 1. The van der Waals surface area contributed by atoms with E-state index in [0.29, 0.717) is 30.8 Å². The third kappa shape index (κ3) is 7.66. The number of allylic oxidation sites excluding steroid dienone is 3. The van der Waals surface area contributed by atoms with Crippen LogP contribution in [0.2, 0.25) is 0 Å². The SMILES string of the molecule is COC(=O)C/C(=N\OC(=O)C1=CC=CC1)C(=O)c1ccc(Sc2ccc(C(=O)C(C)(C)N3CCOCC3)cc2)cc1. The average molecular weight is 577 g/mol. The third-order valence-corrected chi connectivity index (χ3v) is 7.92. The van der Waals surface area contributed by atoms with E-state index in [2.05, 4.69) is 14.8 Å². The van der Waals surface area contributed by atoms with E-state index in [9.17, 15) is 19.2 Å². The maximum atomic E-state index is 13.2. The van der Waals surface area contributed by atoms with Crippen LogP contribution in [0.15, 0.2) is 87.3 Å². The number of ether oxygens (including phenoxy) is 2. The maximum Gasteiger partial charge on any atom is 0.362 e. The lowest BCUT2D eigenvalue weighted by atomic mass is 9.91. The predicted molar refractivity (Wildman–Crippen MR) is 154 cm³/mol. The summed E-state index contributed by atoms with van der Waals surface area (Å²) in [6.07, 6.45) is 5.10. The molecule has 1 heterocycles. The number of oxime groups is 1. The second-order valence-electron chi connectivity index (χ2n) is 9.96. The van der Waals surface area contributed by atoms with Gasteiger partial charge in [0.05, 0.1) is 32.3 Å². The summed E-state index contributed by atoms with van der Waals surface area (Å²) >= 11 is 1.48. The maximum absolute atomic E-state index is 13.2. The molecule has 0 N–H and O–H groups in total. The second-order valence-corrected chi connectivity index (χ2v) is 11.1. The zero-order valence-electron chi connectivity index (χ0n) is 23.3. The number of morpholine rings is 1. The molecule has 0 unspecified atom stereocenters. The van der Waals surface area contributed by atoms with Gasteiger partial charge in [-0.15, -0.1) is 0 Å². The van der Waals surface area contributed by atoms with Gasteiger partial charge < -0.3 is 14.3 Å².